The number of methoxy groups -OCH3 is 1. The largest absolute Gasteiger partial charge is 0.466 e. The number of hydrogen-bond acceptors (Lipinski definition) is 7. The summed E-state index contributed by atoms with van der Waals surface area (Å²) in [7, 11) is 5.55. The average molecular weight is 489 g/mol. The highest BCUT2D eigenvalue weighted by molar-refractivity contribution is 8.16. The van der Waals surface area contributed by atoms with Gasteiger partial charge in [0.1, 0.15) is 0 Å². The third kappa shape index (κ3) is 4.83. The number of amidine groups is 1. The summed E-state index contributed by atoms with van der Waals surface area (Å²) < 4.78 is 5.10. The predicted octanol–water partition coefficient (Wildman–Crippen LogP) is 4.03. The van der Waals surface area contributed by atoms with E-state index in [9.17, 15) is 9.59 Å². The monoisotopic (exact) mass is 488 g/mol. The van der Waals surface area contributed by atoms with Gasteiger partial charge in [0, 0.05) is 29.9 Å². The van der Waals surface area contributed by atoms with Crippen molar-refractivity contribution in [3.63, 3.8) is 0 Å². The second-order valence-electron chi connectivity index (χ2n) is 8.69. The molecule has 1 fully saturated rings. The highest BCUT2D eigenvalue weighted by Crippen LogP contribution is 2.45. The van der Waals surface area contributed by atoms with E-state index in [1.54, 1.807) is 12.1 Å². The van der Waals surface area contributed by atoms with Crippen molar-refractivity contribution >= 4 is 40.4 Å². The molecule has 3 heterocycles. The van der Waals surface area contributed by atoms with Crippen molar-refractivity contribution < 1.29 is 14.3 Å². The highest BCUT2D eigenvalue weighted by atomic mass is 35.5. The van der Waals surface area contributed by atoms with Crippen LogP contribution < -0.4 is 0 Å². The zero-order valence-electron chi connectivity index (χ0n) is 19.4. The quantitative estimate of drug-likeness (QED) is 0.583. The Labute approximate surface area is 204 Å². The number of benzene rings is 1. The zero-order chi connectivity index (χ0) is 23.7. The van der Waals surface area contributed by atoms with Gasteiger partial charge in [-0.15, -0.1) is 0 Å². The molecule has 33 heavy (non-hydrogen) atoms. The second-order valence-corrected chi connectivity index (χ2v) is 9.96. The number of carbonyl (C=O) groups is 2. The minimum atomic E-state index is -0.434. The van der Waals surface area contributed by atoms with Crippen molar-refractivity contribution in [1.82, 2.24) is 14.7 Å². The molecule has 0 spiro atoms. The van der Waals surface area contributed by atoms with Crippen LogP contribution in [-0.4, -0.2) is 72.1 Å². The maximum atomic E-state index is 13.2. The fourth-order valence-electron chi connectivity index (χ4n) is 4.60. The van der Waals surface area contributed by atoms with Gasteiger partial charge in [-0.2, -0.15) is 0 Å². The third-order valence-corrected chi connectivity index (χ3v) is 7.61. The fraction of sp³-hybridized carbons (Fsp3) is 0.458. The Morgan fingerprint density at radius 2 is 1.88 bits per heavy atom. The molecule has 0 aliphatic carbocycles. The standard InChI is InChI=1S/C24H29ClN4O3S/c1-15-21(23(31)32-4)22(16-5-7-17(25)8-6-16)29-19(14-33-24(29)26-15)13-20(30)28-11-9-18(10-12-28)27(2)3/h5-8,14,18,22H,9-13H2,1-4H3. The van der Waals surface area contributed by atoms with Crippen molar-refractivity contribution in [2.75, 3.05) is 34.3 Å². The molecule has 0 bridgehead atoms. The number of halogens is 1. The highest BCUT2D eigenvalue weighted by Gasteiger charge is 2.41. The first kappa shape index (κ1) is 23.9. The lowest BCUT2D eigenvalue weighted by atomic mass is 9.94. The normalized spacial score (nSPS) is 21.2. The molecule has 3 aliphatic rings. The Bertz CT molecular complexity index is 1030. The maximum Gasteiger partial charge on any atom is 0.338 e. The number of likely N-dealkylation sites (tertiary alicyclic amines) is 1. The minimum Gasteiger partial charge on any atom is -0.466 e. The van der Waals surface area contributed by atoms with E-state index in [1.165, 1.54) is 18.9 Å². The number of nitrogens with zero attached hydrogens (tertiary/aromatic N) is 4. The molecule has 1 unspecified atom stereocenters. The van der Waals surface area contributed by atoms with Gasteiger partial charge >= 0.3 is 5.97 Å². The van der Waals surface area contributed by atoms with Crippen LogP contribution in [0.3, 0.4) is 0 Å². The van der Waals surface area contributed by atoms with E-state index in [2.05, 4.69) is 24.0 Å². The molecule has 0 aromatic heterocycles. The van der Waals surface area contributed by atoms with Gasteiger partial charge in [0.25, 0.3) is 0 Å². The van der Waals surface area contributed by atoms with Crippen LogP contribution >= 0.6 is 23.4 Å². The summed E-state index contributed by atoms with van der Waals surface area (Å²) in [5.41, 5.74) is 2.81. The molecule has 0 N–H and O–H groups in total. The molecule has 0 saturated carbocycles. The Morgan fingerprint density at radius 1 is 1.21 bits per heavy atom. The topological polar surface area (TPSA) is 65.5 Å². The Balaban J connectivity index is 1.59. The van der Waals surface area contributed by atoms with Crippen molar-refractivity contribution in [1.29, 1.82) is 0 Å². The summed E-state index contributed by atoms with van der Waals surface area (Å²) in [5, 5.41) is 3.35. The number of esters is 1. The maximum absolute atomic E-state index is 13.2. The number of aliphatic imine (C=N–C) groups is 1. The van der Waals surface area contributed by atoms with Crippen LogP contribution in [0.25, 0.3) is 0 Å². The molecule has 4 rings (SSSR count). The first-order chi connectivity index (χ1) is 15.8. The van der Waals surface area contributed by atoms with Gasteiger partial charge in [-0.3, -0.25) is 4.79 Å². The molecule has 1 aromatic rings. The lowest BCUT2D eigenvalue weighted by Gasteiger charge is -2.38. The predicted molar refractivity (Wildman–Crippen MR) is 132 cm³/mol. The van der Waals surface area contributed by atoms with Crippen LogP contribution in [-0.2, 0) is 14.3 Å². The van der Waals surface area contributed by atoms with Gasteiger partial charge in [-0.05, 0) is 57.0 Å². The van der Waals surface area contributed by atoms with Crippen molar-refractivity contribution in [2.24, 2.45) is 4.99 Å². The fourth-order valence-corrected chi connectivity index (χ4v) is 5.69. The molecule has 3 aliphatic heterocycles. The Morgan fingerprint density at radius 3 is 2.48 bits per heavy atom. The summed E-state index contributed by atoms with van der Waals surface area (Å²) in [6.45, 7) is 3.34. The summed E-state index contributed by atoms with van der Waals surface area (Å²) in [5.74, 6) is -0.329. The Hall–Kier alpha value is -2.29. The number of thioether (sulfide) groups is 1. The summed E-state index contributed by atoms with van der Waals surface area (Å²) in [6, 6.07) is 7.50. The molecule has 7 nitrogen and oxygen atoms in total. The van der Waals surface area contributed by atoms with Gasteiger partial charge in [-0.1, -0.05) is 35.5 Å². The van der Waals surface area contributed by atoms with Gasteiger partial charge in [0.05, 0.1) is 30.8 Å². The average Bonchev–Trinajstić information content (AvgIpc) is 3.20. The van der Waals surface area contributed by atoms with E-state index in [1.807, 2.05) is 34.3 Å². The van der Waals surface area contributed by atoms with Gasteiger partial charge in [-0.25, -0.2) is 9.79 Å². The molecule has 1 saturated heterocycles. The number of hydrogen-bond donors (Lipinski definition) is 0. The van der Waals surface area contributed by atoms with Crippen molar-refractivity contribution in [3.8, 4) is 0 Å². The summed E-state index contributed by atoms with van der Waals surface area (Å²) >= 11 is 7.60. The van der Waals surface area contributed by atoms with E-state index < -0.39 is 12.0 Å². The molecule has 1 atom stereocenters. The Kier molecular flexibility index (Phi) is 7.16. The van der Waals surface area contributed by atoms with Gasteiger partial charge in [0.2, 0.25) is 5.91 Å². The number of fused-ring (bicyclic) bond motifs is 1. The van der Waals surface area contributed by atoms with Crippen molar-refractivity contribution in [3.05, 3.63) is 57.2 Å². The smallest absolute Gasteiger partial charge is 0.338 e. The number of piperidine rings is 1. The van der Waals surface area contributed by atoms with E-state index in [0.717, 1.165) is 42.4 Å². The van der Waals surface area contributed by atoms with Crippen LogP contribution in [0, 0.1) is 0 Å². The first-order valence-electron chi connectivity index (χ1n) is 11.0. The molecule has 1 amide bonds. The number of carbonyl (C=O) groups excluding carboxylic acids is 2. The number of rotatable bonds is 5. The zero-order valence-corrected chi connectivity index (χ0v) is 20.9. The van der Waals surface area contributed by atoms with E-state index >= 15 is 0 Å². The lowest BCUT2D eigenvalue weighted by molar-refractivity contribution is -0.136. The molecular formula is C24H29ClN4O3S. The van der Waals surface area contributed by atoms with Crippen LogP contribution in [0.4, 0.5) is 0 Å². The lowest BCUT2D eigenvalue weighted by Crippen LogP contribution is -2.45. The van der Waals surface area contributed by atoms with Crippen LogP contribution in [0.15, 0.2) is 51.6 Å². The SMILES string of the molecule is COC(=O)C1=C(C)N=C2SC=C(CC(=O)N3CCC(N(C)C)CC3)N2C1c1ccc(Cl)cc1. The molecule has 9 heteroatoms. The summed E-state index contributed by atoms with van der Waals surface area (Å²) in [4.78, 5) is 36.8. The van der Waals surface area contributed by atoms with Crippen LogP contribution in [0.1, 0.15) is 37.8 Å². The molecule has 0 radical (unpaired) electrons. The van der Waals surface area contributed by atoms with E-state index in [4.69, 9.17) is 16.3 Å². The summed E-state index contributed by atoms with van der Waals surface area (Å²) in [6.07, 6.45) is 2.21. The van der Waals surface area contributed by atoms with Gasteiger partial charge < -0.3 is 19.4 Å². The van der Waals surface area contributed by atoms with Gasteiger partial charge in [0.15, 0.2) is 5.17 Å². The number of amides is 1. The van der Waals surface area contributed by atoms with Crippen LogP contribution in [0.2, 0.25) is 5.02 Å². The first-order valence-corrected chi connectivity index (χ1v) is 12.3. The number of ether oxygens (including phenoxy) is 1. The van der Waals surface area contributed by atoms with Crippen molar-refractivity contribution in [2.45, 2.75) is 38.3 Å². The van der Waals surface area contributed by atoms with Crippen LogP contribution in [0.5, 0.6) is 0 Å². The van der Waals surface area contributed by atoms with E-state index in [0.29, 0.717) is 22.3 Å². The second kappa shape index (κ2) is 9.91. The minimum absolute atomic E-state index is 0.0982. The third-order valence-electron chi connectivity index (χ3n) is 6.47. The van der Waals surface area contributed by atoms with E-state index in [-0.39, 0.29) is 12.3 Å². The molecule has 176 valence electrons. The molecular weight excluding hydrogens is 460 g/mol. The number of allylic oxidation sites excluding steroid dienone is 1. The molecule has 1 aromatic carbocycles.